The summed E-state index contributed by atoms with van der Waals surface area (Å²) in [4.78, 5) is 0. The summed E-state index contributed by atoms with van der Waals surface area (Å²) in [5, 5.41) is 14.1. The van der Waals surface area contributed by atoms with Crippen LogP contribution in [-0.4, -0.2) is 20.6 Å². The zero-order valence-corrected chi connectivity index (χ0v) is 10.1. The van der Waals surface area contributed by atoms with Crippen LogP contribution in [0.1, 0.15) is 31.9 Å². The molecule has 1 heterocycles. The number of nitrogens with zero attached hydrogens (tertiary/aromatic N) is 3. The Bertz CT molecular complexity index is 480. The molecule has 0 spiro atoms. The molecule has 0 saturated carbocycles. The number of benzene rings is 1. The van der Waals surface area contributed by atoms with Gasteiger partial charge in [-0.25, -0.2) is 0 Å². The number of hydrogen-bond donors (Lipinski definition) is 1. The first-order valence-corrected chi connectivity index (χ1v) is 5.33. The third kappa shape index (κ3) is 1.96. The van der Waals surface area contributed by atoms with E-state index in [1.807, 2.05) is 0 Å². The summed E-state index contributed by atoms with van der Waals surface area (Å²) in [7, 11) is 0. The fourth-order valence-electron chi connectivity index (χ4n) is 1.61. The van der Waals surface area contributed by atoms with Crippen LogP contribution in [0.3, 0.4) is 0 Å². The SMILES string of the molecule is Cc1ccc(C(C)(C)C)cc1-c1nn[nH]n1. The van der Waals surface area contributed by atoms with E-state index in [0.29, 0.717) is 5.82 Å². The van der Waals surface area contributed by atoms with Gasteiger partial charge in [0.2, 0.25) is 5.82 Å². The summed E-state index contributed by atoms with van der Waals surface area (Å²) in [6, 6.07) is 6.39. The van der Waals surface area contributed by atoms with Gasteiger partial charge in [-0.05, 0) is 34.7 Å². The molecule has 0 unspecified atom stereocenters. The Morgan fingerprint density at radius 2 is 1.94 bits per heavy atom. The fraction of sp³-hybridized carbons (Fsp3) is 0.417. The van der Waals surface area contributed by atoms with Crippen molar-refractivity contribution in [3.63, 3.8) is 0 Å². The molecule has 0 amide bonds. The molecule has 0 bridgehead atoms. The van der Waals surface area contributed by atoms with Crippen molar-refractivity contribution in [1.82, 2.24) is 20.6 Å². The summed E-state index contributed by atoms with van der Waals surface area (Å²) in [5.41, 5.74) is 3.61. The van der Waals surface area contributed by atoms with Crippen LogP contribution in [0.2, 0.25) is 0 Å². The maximum Gasteiger partial charge on any atom is 0.204 e. The molecule has 16 heavy (non-hydrogen) atoms. The molecule has 0 atom stereocenters. The van der Waals surface area contributed by atoms with Gasteiger partial charge >= 0.3 is 0 Å². The highest BCUT2D eigenvalue weighted by Gasteiger charge is 2.16. The lowest BCUT2D eigenvalue weighted by atomic mass is 9.85. The predicted molar refractivity (Wildman–Crippen MR) is 63.1 cm³/mol. The third-order valence-electron chi connectivity index (χ3n) is 2.69. The number of rotatable bonds is 1. The van der Waals surface area contributed by atoms with Crippen LogP contribution in [0.4, 0.5) is 0 Å². The van der Waals surface area contributed by atoms with Crippen molar-refractivity contribution in [3.8, 4) is 11.4 Å². The van der Waals surface area contributed by atoms with Crippen molar-refractivity contribution >= 4 is 0 Å². The average Bonchev–Trinajstić information content (AvgIpc) is 2.69. The lowest BCUT2D eigenvalue weighted by Gasteiger charge is -2.20. The van der Waals surface area contributed by atoms with Gasteiger partial charge in [-0.1, -0.05) is 32.9 Å². The monoisotopic (exact) mass is 216 g/mol. The van der Waals surface area contributed by atoms with Gasteiger partial charge in [0, 0.05) is 5.56 Å². The van der Waals surface area contributed by atoms with Crippen LogP contribution in [0, 0.1) is 6.92 Å². The van der Waals surface area contributed by atoms with Crippen LogP contribution in [0.5, 0.6) is 0 Å². The Labute approximate surface area is 95.1 Å². The van der Waals surface area contributed by atoms with Gasteiger partial charge in [0.25, 0.3) is 0 Å². The van der Waals surface area contributed by atoms with Crippen molar-refractivity contribution in [3.05, 3.63) is 29.3 Å². The van der Waals surface area contributed by atoms with E-state index in [-0.39, 0.29) is 5.41 Å². The second kappa shape index (κ2) is 3.70. The molecule has 1 N–H and O–H groups in total. The van der Waals surface area contributed by atoms with Crippen LogP contribution >= 0.6 is 0 Å². The standard InChI is InChI=1S/C12H16N4/c1-8-5-6-9(12(2,3)4)7-10(8)11-13-15-16-14-11/h5-7H,1-4H3,(H,13,14,15,16). The van der Waals surface area contributed by atoms with Gasteiger partial charge in [0.05, 0.1) is 0 Å². The predicted octanol–water partition coefficient (Wildman–Crippen LogP) is 2.47. The van der Waals surface area contributed by atoms with Gasteiger partial charge in [-0.2, -0.15) is 5.21 Å². The Morgan fingerprint density at radius 1 is 1.19 bits per heavy atom. The highest BCUT2D eigenvalue weighted by molar-refractivity contribution is 5.60. The number of tetrazole rings is 1. The summed E-state index contributed by atoms with van der Waals surface area (Å²) in [6.45, 7) is 8.63. The molecule has 0 radical (unpaired) electrons. The Kier molecular flexibility index (Phi) is 2.50. The number of H-pyrrole nitrogens is 1. The van der Waals surface area contributed by atoms with Crippen LogP contribution < -0.4 is 0 Å². The Morgan fingerprint density at radius 3 is 2.50 bits per heavy atom. The summed E-state index contributed by atoms with van der Waals surface area (Å²) < 4.78 is 0. The van der Waals surface area contributed by atoms with Gasteiger partial charge in [-0.15, -0.1) is 10.2 Å². The Balaban J connectivity index is 2.54. The van der Waals surface area contributed by atoms with Crippen LogP contribution in [0.25, 0.3) is 11.4 Å². The third-order valence-corrected chi connectivity index (χ3v) is 2.69. The molecular weight excluding hydrogens is 200 g/mol. The number of nitrogens with one attached hydrogen (secondary N) is 1. The molecule has 0 aliphatic heterocycles. The molecule has 84 valence electrons. The fourth-order valence-corrected chi connectivity index (χ4v) is 1.61. The first kappa shape index (κ1) is 10.8. The van der Waals surface area contributed by atoms with E-state index in [1.165, 1.54) is 5.56 Å². The van der Waals surface area contributed by atoms with Gasteiger partial charge < -0.3 is 0 Å². The van der Waals surface area contributed by atoms with E-state index in [1.54, 1.807) is 0 Å². The minimum atomic E-state index is 0.131. The van der Waals surface area contributed by atoms with Crippen molar-refractivity contribution in [2.75, 3.05) is 0 Å². The van der Waals surface area contributed by atoms with E-state index in [4.69, 9.17) is 0 Å². The second-order valence-electron chi connectivity index (χ2n) is 5.02. The lowest BCUT2D eigenvalue weighted by Crippen LogP contribution is -2.11. The smallest absolute Gasteiger partial charge is 0.177 e. The van der Waals surface area contributed by atoms with Crippen LogP contribution in [0.15, 0.2) is 18.2 Å². The number of aryl methyl sites for hydroxylation is 1. The zero-order valence-electron chi connectivity index (χ0n) is 10.1. The quantitative estimate of drug-likeness (QED) is 0.796. The molecule has 2 aromatic rings. The van der Waals surface area contributed by atoms with Crippen molar-refractivity contribution in [2.24, 2.45) is 0 Å². The van der Waals surface area contributed by atoms with Gasteiger partial charge in [-0.3, -0.25) is 0 Å². The maximum atomic E-state index is 4.02. The molecule has 1 aromatic carbocycles. The molecule has 1 aromatic heterocycles. The number of aromatic amines is 1. The molecule has 0 saturated heterocycles. The number of hydrogen-bond acceptors (Lipinski definition) is 3. The van der Waals surface area contributed by atoms with E-state index < -0.39 is 0 Å². The normalized spacial score (nSPS) is 11.8. The van der Waals surface area contributed by atoms with E-state index in [2.05, 4.69) is 66.5 Å². The van der Waals surface area contributed by atoms with E-state index in [0.717, 1.165) is 11.1 Å². The molecule has 4 heteroatoms. The Hall–Kier alpha value is -1.71. The molecule has 0 fully saturated rings. The molecule has 4 nitrogen and oxygen atoms in total. The van der Waals surface area contributed by atoms with E-state index >= 15 is 0 Å². The van der Waals surface area contributed by atoms with Crippen LogP contribution in [-0.2, 0) is 5.41 Å². The minimum absolute atomic E-state index is 0.131. The average molecular weight is 216 g/mol. The largest absolute Gasteiger partial charge is 0.204 e. The summed E-state index contributed by atoms with van der Waals surface area (Å²) in [6.07, 6.45) is 0. The van der Waals surface area contributed by atoms with Crippen molar-refractivity contribution in [1.29, 1.82) is 0 Å². The molecule has 0 aliphatic rings. The molecule has 2 rings (SSSR count). The van der Waals surface area contributed by atoms with E-state index in [9.17, 15) is 0 Å². The lowest BCUT2D eigenvalue weighted by molar-refractivity contribution is 0.590. The summed E-state index contributed by atoms with van der Waals surface area (Å²) in [5.74, 6) is 0.656. The number of aromatic nitrogens is 4. The molecule has 0 aliphatic carbocycles. The van der Waals surface area contributed by atoms with Gasteiger partial charge in [0.1, 0.15) is 0 Å². The van der Waals surface area contributed by atoms with Gasteiger partial charge in [0.15, 0.2) is 0 Å². The molecular formula is C12H16N4. The highest BCUT2D eigenvalue weighted by Crippen LogP contribution is 2.27. The summed E-state index contributed by atoms with van der Waals surface area (Å²) >= 11 is 0. The van der Waals surface area contributed by atoms with Crippen molar-refractivity contribution in [2.45, 2.75) is 33.1 Å². The maximum absolute atomic E-state index is 4.02. The minimum Gasteiger partial charge on any atom is -0.177 e. The van der Waals surface area contributed by atoms with Crippen molar-refractivity contribution < 1.29 is 0 Å². The highest BCUT2D eigenvalue weighted by atomic mass is 15.5. The first-order valence-electron chi connectivity index (χ1n) is 5.33. The first-order chi connectivity index (χ1) is 7.48. The topological polar surface area (TPSA) is 54.5 Å². The zero-order chi connectivity index (χ0) is 11.8. The second-order valence-corrected chi connectivity index (χ2v) is 5.02.